The van der Waals surface area contributed by atoms with Crippen LogP contribution in [-0.2, 0) is 33.2 Å². The highest BCUT2D eigenvalue weighted by atomic mass is 16.8. The van der Waals surface area contributed by atoms with E-state index in [1.54, 1.807) is 6.92 Å². The van der Waals surface area contributed by atoms with Crippen molar-refractivity contribution in [2.45, 2.75) is 62.7 Å². The third-order valence-corrected chi connectivity index (χ3v) is 5.66. The lowest BCUT2D eigenvalue weighted by Gasteiger charge is -2.47. The van der Waals surface area contributed by atoms with Gasteiger partial charge in [0.2, 0.25) is 6.29 Å². The summed E-state index contributed by atoms with van der Waals surface area (Å²) >= 11 is 0. The third-order valence-electron chi connectivity index (χ3n) is 5.66. The lowest BCUT2D eigenvalue weighted by molar-refractivity contribution is -0.352. The molecular weight excluding hydrogens is 392 g/mol. The van der Waals surface area contributed by atoms with Gasteiger partial charge < -0.3 is 48.8 Å². The summed E-state index contributed by atoms with van der Waals surface area (Å²) < 4.78 is 32.7. The molecule has 0 bridgehead atoms. The van der Waals surface area contributed by atoms with Crippen molar-refractivity contribution in [3.8, 4) is 0 Å². The molecule has 2 fully saturated rings. The Kier molecular flexibility index (Phi) is 7.12. The van der Waals surface area contributed by atoms with Gasteiger partial charge in [-0.3, -0.25) is 0 Å². The van der Waals surface area contributed by atoms with Gasteiger partial charge in [-0.1, -0.05) is 0 Å². The van der Waals surface area contributed by atoms with Crippen LogP contribution >= 0.6 is 0 Å². The van der Waals surface area contributed by atoms with Gasteiger partial charge in [0.05, 0.1) is 37.6 Å². The van der Waals surface area contributed by atoms with Crippen LogP contribution in [0.2, 0.25) is 0 Å². The van der Waals surface area contributed by atoms with Crippen molar-refractivity contribution in [1.82, 2.24) is 0 Å². The van der Waals surface area contributed by atoms with Crippen molar-refractivity contribution in [2.75, 3.05) is 20.8 Å². The van der Waals surface area contributed by atoms with Crippen LogP contribution in [0, 0.1) is 11.8 Å². The second-order valence-electron chi connectivity index (χ2n) is 7.33. The van der Waals surface area contributed by atoms with Crippen LogP contribution in [0.25, 0.3) is 0 Å². The fourth-order valence-corrected chi connectivity index (χ4v) is 4.04. The molecule has 0 aliphatic carbocycles. The molecule has 0 aromatic heterocycles. The molecule has 3 aliphatic rings. The predicted octanol–water partition coefficient (Wildman–Crippen LogP) is -1.77. The smallest absolute Gasteiger partial charge is 0.337 e. The summed E-state index contributed by atoms with van der Waals surface area (Å²) in [5, 5.41) is 39.5. The predicted molar refractivity (Wildman–Crippen MR) is 92.8 cm³/mol. The molecule has 11 heteroatoms. The largest absolute Gasteiger partial charge is 0.471 e. The standard InChI is InChI=1S/C18H28O11/c1-7-12-8(4-11(24-2)27-7)9(16(23)25-3)6-26-17(12)29-18-15(22)14(21)13(20)10(5-19)28-18/h6-8,10-15,17-22H,4-5H2,1-3H3/t7?,8-,10?,11?,12+,13?,14?,15?,17?,18?/m0/s1. The summed E-state index contributed by atoms with van der Waals surface area (Å²) in [5.74, 6) is -1.40. The number of aliphatic hydroxyl groups is 4. The maximum atomic E-state index is 12.2. The molecule has 3 heterocycles. The van der Waals surface area contributed by atoms with Crippen LogP contribution in [0.4, 0.5) is 0 Å². The number of carbonyl (C=O) groups excluding carboxylic acids is 1. The molecule has 11 nitrogen and oxygen atoms in total. The molecule has 2 saturated heterocycles. The first-order valence-corrected chi connectivity index (χ1v) is 9.40. The topological polar surface area (TPSA) is 153 Å². The van der Waals surface area contributed by atoms with Crippen molar-refractivity contribution in [3.63, 3.8) is 0 Å². The molecule has 0 radical (unpaired) electrons. The average Bonchev–Trinajstić information content (AvgIpc) is 2.73. The van der Waals surface area contributed by atoms with Gasteiger partial charge in [0.15, 0.2) is 12.6 Å². The van der Waals surface area contributed by atoms with Gasteiger partial charge in [0.1, 0.15) is 24.4 Å². The van der Waals surface area contributed by atoms with E-state index in [0.29, 0.717) is 12.0 Å². The van der Waals surface area contributed by atoms with Gasteiger partial charge in [-0.05, 0) is 6.92 Å². The Balaban J connectivity index is 1.82. The summed E-state index contributed by atoms with van der Waals surface area (Å²) in [6.45, 7) is 1.19. The second kappa shape index (κ2) is 9.23. The number of carbonyl (C=O) groups is 1. The maximum Gasteiger partial charge on any atom is 0.337 e. The SMILES string of the molecule is COC(=O)C1=COC(OC2OC(CO)C(O)C(O)C2O)[C@@H]2C(C)OC(OC)C[C@@H]12. The molecule has 4 N–H and O–H groups in total. The Morgan fingerprint density at radius 1 is 1.14 bits per heavy atom. The highest BCUT2D eigenvalue weighted by Crippen LogP contribution is 2.43. The highest BCUT2D eigenvalue weighted by Gasteiger charge is 2.51. The zero-order valence-corrected chi connectivity index (χ0v) is 16.4. The van der Waals surface area contributed by atoms with Gasteiger partial charge in [0, 0.05) is 19.4 Å². The monoisotopic (exact) mass is 420 g/mol. The normalized spacial score (nSPS) is 45.0. The van der Waals surface area contributed by atoms with Gasteiger partial charge in [0.25, 0.3) is 0 Å². The van der Waals surface area contributed by atoms with Gasteiger partial charge in [-0.15, -0.1) is 0 Å². The first-order chi connectivity index (χ1) is 13.8. The number of hydrogen-bond donors (Lipinski definition) is 4. The van der Waals surface area contributed by atoms with E-state index in [1.807, 2.05) is 0 Å². The number of ether oxygens (including phenoxy) is 6. The van der Waals surface area contributed by atoms with Gasteiger partial charge >= 0.3 is 5.97 Å². The Bertz CT molecular complexity index is 609. The van der Waals surface area contributed by atoms with E-state index < -0.39 is 67.9 Å². The number of methoxy groups -OCH3 is 2. The fourth-order valence-electron chi connectivity index (χ4n) is 4.04. The zero-order chi connectivity index (χ0) is 21.3. The van der Waals surface area contributed by atoms with Crippen LogP contribution in [-0.4, -0.2) is 96.6 Å². The molecule has 10 atom stereocenters. The number of hydrogen-bond acceptors (Lipinski definition) is 11. The van der Waals surface area contributed by atoms with E-state index in [4.69, 9.17) is 28.4 Å². The Labute approximate surface area is 167 Å². The molecular formula is C18H28O11. The van der Waals surface area contributed by atoms with Gasteiger partial charge in [-0.25, -0.2) is 4.79 Å². The van der Waals surface area contributed by atoms with Crippen molar-refractivity contribution in [2.24, 2.45) is 11.8 Å². The number of rotatable bonds is 5. The van der Waals surface area contributed by atoms with Crippen LogP contribution in [0.1, 0.15) is 13.3 Å². The molecule has 166 valence electrons. The average molecular weight is 420 g/mol. The summed E-state index contributed by atoms with van der Waals surface area (Å²) in [6, 6.07) is 0. The lowest BCUT2D eigenvalue weighted by atomic mass is 9.77. The Morgan fingerprint density at radius 2 is 1.86 bits per heavy atom. The third kappa shape index (κ3) is 4.28. The van der Waals surface area contributed by atoms with Crippen LogP contribution in [0.15, 0.2) is 11.8 Å². The number of esters is 1. The fraction of sp³-hybridized carbons (Fsp3) is 0.833. The molecule has 0 spiro atoms. The lowest BCUT2D eigenvalue weighted by Crippen LogP contribution is -2.61. The second-order valence-corrected chi connectivity index (χ2v) is 7.33. The molecule has 0 saturated carbocycles. The van der Waals surface area contributed by atoms with Crippen molar-refractivity contribution in [1.29, 1.82) is 0 Å². The van der Waals surface area contributed by atoms with Crippen LogP contribution in [0.3, 0.4) is 0 Å². The molecule has 0 amide bonds. The Hall–Kier alpha value is -1.31. The quantitative estimate of drug-likeness (QED) is 0.374. The van der Waals surface area contributed by atoms with E-state index in [1.165, 1.54) is 20.5 Å². The first kappa shape index (κ1) is 22.4. The maximum absolute atomic E-state index is 12.2. The molecule has 0 aromatic carbocycles. The molecule has 8 unspecified atom stereocenters. The molecule has 29 heavy (non-hydrogen) atoms. The zero-order valence-electron chi connectivity index (χ0n) is 16.4. The van der Waals surface area contributed by atoms with Crippen molar-refractivity contribution in [3.05, 3.63) is 11.8 Å². The molecule has 3 aliphatic heterocycles. The minimum Gasteiger partial charge on any atom is -0.471 e. The summed E-state index contributed by atoms with van der Waals surface area (Å²) in [7, 11) is 2.77. The molecule has 3 rings (SSSR count). The molecule has 0 aromatic rings. The van der Waals surface area contributed by atoms with E-state index >= 15 is 0 Å². The highest BCUT2D eigenvalue weighted by molar-refractivity contribution is 5.88. The summed E-state index contributed by atoms with van der Waals surface area (Å²) in [4.78, 5) is 12.2. The van der Waals surface area contributed by atoms with E-state index in [9.17, 15) is 25.2 Å². The Morgan fingerprint density at radius 3 is 2.48 bits per heavy atom. The minimum atomic E-state index is -1.58. The first-order valence-electron chi connectivity index (χ1n) is 9.40. The number of aliphatic hydroxyl groups excluding tert-OH is 4. The van der Waals surface area contributed by atoms with Gasteiger partial charge in [-0.2, -0.15) is 0 Å². The van der Waals surface area contributed by atoms with Crippen LogP contribution in [0.5, 0.6) is 0 Å². The summed E-state index contributed by atoms with van der Waals surface area (Å²) in [6.07, 6.45) is -7.54. The van der Waals surface area contributed by atoms with E-state index in [0.717, 1.165) is 0 Å². The number of fused-ring (bicyclic) bond motifs is 1. The van der Waals surface area contributed by atoms with Crippen molar-refractivity contribution >= 4 is 5.97 Å². The summed E-state index contributed by atoms with van der Waals surface area (Å²) in [5.41, 5.74) is 0.309. The van der Waals surface area contributed by atoms with Crippen LogP contribution < -0.4 is 0 Å². The minimum absolute atomic E-state index is 0.309. The van der Waals surface area contributed by atoms with Crippen molar-refractivity contribution < 1.29 is 53.6 Å². The van der Waals surface area contributed by atoms with E-state index in [-0.39, 0.29) is 5.92 Å². The van der Waals surface area contributed by atoms with E-state index in [2.05, 4.69) is 0 Å².